The quantitative estimate of drug-likeness (QED) is 0.758. The molecule has 6 heteroatoms. The van der Waals surface area contributed by atoms with Crippen molar-refractivity contribution < 1.29 is 17.9 Å². The maximum atomic E-state index is 11.2. The van der Waals surface area contributed by atoms with E-state index >= 15 is 0 Å². The van der Waals surface area contributed by atoms with Crippen LogP contribution in [0.15, 0.2) is 18.2 Å². The topological polar surface area (TPSA) is 52.6 Å². The van der Waals surface area contributed by atoms with Crippen molar-refractivity contribution in [2.24, 2.45) is 0 Å². The summed E-state index contributed by atoms with van der Waals surface area (Å²) in [5, 5.41) is -0.471. The molecule has 1 saturated carbocycles. The molecule has 1 fully saturated rings. The Morgan fingerprint density at radius 2 is 2.11 bits per heavy atom. The smallest absolute Gasteiger partial charge is 0.236 e. The Labute approximate surface area is 118 Å². The molecule has 1 aliphatic carbocycles. The third-order valence-corrected chi connectivity index (χ3v) is 5.10. The molecule has 0 spiro atoms. The van der Waals surface area contributed by atoms with Crippen LogP contribution in [-0.4, -0.2) is 27.4 Å². The molecule has 0 N–H and O–H groups in total. The first-order chi connectivity index (χ1) is 8.97. The van der Waals surface area contributed by atoms with Crippen LogP contribution in [0.1, 0.15) is 31.2 Å². The van der Waals surface area contributed by atoms with Crippen LogP contribution < -0.4 is 9.47 Å². The summed E-state index contributed by atoms with van der Waals surface area (Å²) in [7, 11) is 3.46. The fraction of sp³-hybridized carbons (Fsp3) is 0.538. The lowest BCUT2D eigenvalue weighted by Gasteiger charge is -2.11. The summed E-state index contributed by atoms with van der Waals surface area (Å²) >= 11 is 0. The Kier molecular flexibility index (Phi) is 4.26. The molecule has 0 radical (unpaired) electrons. The number of methoxy groups -OCH3 is 1. The van der Waals surface area contributed by atoms with Crippen LogP contribution in [0.4, 0.5) is 0 Å². The van der Waals surface area contributed by atoms with Crippen LogP contribution in [0, 0.1) is 0 Å². The van der Waals surface area contributed by atoms with Crippen molar-refractivity contribution in [2.75, 3.05) is 13.7 Å². The van der Waals surface area contributed by atoms with Crippen molar-refractivity contribution in [3.63, 3.8) is 0 Å². The number of halogens is 1. The van der Waals surface area contributed by atoms with Gasteiger partial charge < -0.3 is 9.47 Å². The lowest BCUT2D eigenvalue weighted by Crippen LogP contribution is -2.01. The average Bonchev–Trinajstić information content (AvgIpc) is 3.16. The van der Waals surface area contributed by atoms with Gasteiger partial charge in [0.05, 0.1) is 19.0 Å². The lowest BCUT2D eigenvalue weighted by molar-refractivity contribution is 0.294. The molecule has 0 bridgehead atoms. The molecule has 0 aliphatic heterocycles. The first-order valence-electron chi connectivity index (χ1n) is 6.21. The van der Waals surface area contributed by atoms with E-state index in [-0.39, 0.29) is 5.92 Å². The van der Waals surface area contributed by atoms with Crippen LogP contribution in [0.2, 0.25) is 0 Å². The minimum atomic E-state index is -3.47. The van der Waals surface area contributed by atoms with E-state index in [1.807, 2.05) is 25.1 Å². The molecule has 2 rings (SSSR count). The third kappa shape index (κ3) is 3.34. The van der Waals surface area contributed by atoms with Crippen molar-refractivity contribution in [3.8, 4) is 11.5 Å². The van der Waals surface area contributed by atoms with Crippen LogP contribution in [0.3, 0.4) is 0 Å². The van der Waals surface area contributed by atoms with E-state index in [1.54, 1.807) is 7.11 Å². The summed E-state index contributed by atoms with van der Waals surface area (Å²) in [5.74, 6) is 1.28. The van der Waals surface area contributed by atoms with Gasteiger partial charge in [0, 0.05) is 16.6 Å². The Morgan fingerprint density at radius 3 is 2.63 bits per heavy atom. The van der Waals surface area contributed by atoms with Crippen molar-refractivity contribution >= 4 is 19.7 Å². The molecule has 19 heavy (non-hydrogen) atoms. The van der Waals surface area contributed by atoms with Crippen molar-refractivity contribution in [1.82, 2.24) is 0 Å². The van der Waals surface area contributed by atoms with Crippen molar-refractivity contribution in [1.29, 1.82) is 0 Å². The second-order valence-corrected chi connectivity index (χ2v) is 7.46. The third-order valence-electron chi connectivity index (χ3n) is 3.17. The summed E-state index contributed by atoms with van der Waals surface area (Å²) < 4.78 is 33.3. The normalized spacial score (nSPS) is 22.1. The first kappa shape index (κ1) is 14.5. The van der Waals surface area contributed by atoms with Crippen LogP contribution >= 0.6 is 10.7 Å². The average molecular weight is 305 g/mol. The fourth-order valence-corrected chi connectivity index (χ4v) is 3.66. The Hall–Kier alpha value is -0.940. The highest BCUT2D eigenvalue weighted by molar-refractivity contribution is 8.14. The van der Waals surface area contributed by atoms with E-state index < -0.39 is 14.3 Å². The number of hydrogen-bond donors (Lipinski definition) is 0. The fourth-order valence-electron chi connectivity index (χ4n) is 2.08. The van der Waals surface area contributed by atoms with Crippen molar-refractivity contribution in [2.45, 2.75) is 30.9 Å². The molecule has 2 unspecified atom stereocenters. The molecule has 106 valence electrons. The zero-order valence-corrected chi connectivity index (χ0v) is 12.5. The van der Waals surface area contributed by atoms with Crippen LogP contribution in [0.25, 0.3) is 0 Å². The Morgan fingerprint density at radius 1 is 1.37 bits per heavy atom. The van der Waals surface area contributed by atoms with E-state index in [1.165, 1.54) is 0 Å². The van der Waals surface area contributed by atoms with Gasteiger partial charge >= 0.3 is 0 Å². The van der Waals surface area contributed by atoms with Gasteiger partial charge in [-0.15, -0.1) is 0 Å². The zero-order chi connectivity index (χ0) is 14.0. The minimum absolute atomic E-state index is 0.0309. The Balaban J connectivity index is 2.17. The summed E-state index contributed by atoms with van der Waals surface area (Å²) in [5.41, 5.74) is 0.926. The number of ether oxygens (including phenoxy) is 2. The predicted octanol–water partition coefficient (Wildman–Crippen LogP) is 2.91. The highest BCUT2D eigenvalue weighted by Gasteiger charge is 2.47. The maximum absolute atomic E-state index is 11.2. The molecule has 0 heterocycles. The SMILES string of the molecule is CCCOc1ccc(C2CC2S(=O)(=O)Cl)cc1OC. The first-order valence-corrected chi connectivity index (χ1v) is 8.58. The molecular weight excluding hydrogens is 288 g/mol. The van der Waals surface area contributed by atoms with Gasteiger partial charge in [-0.05, 0) is 30.5 Å². The van der Waals surface area contributed by atoms with Gasteiger partial charge in [0.2, 0.25) is 9.05 Å². The van der Waals surface area contributed by atoms with Crippen LogP contribution in [-0.2, 0) is 9.05 Å². The van der Waals surface area contributed by atoms with Gasteiger partial charge in [-0.2, -0.15) is 0 Å². The molecular formula is C13H17ClO4S. The molecule has 1 aliphatic rings. The lowest BCUT2D eigenvalue weighted by atomic mass is 10.1. The van der Waals surface area contributed by atoms with E-state index in [4.69, 9.17) is 20.2 Å². The second-order valence-electron chi connectivity index (χ2n) is 4.61. The standard InChI is InChI=1S/C13H17ClO4S/c1-3-6-18-11-5-4-9(7-12(11)17-2)10-8-13(10)19(14,15)16/h4-5,7,10,13H,3,6,8H2,1-2H3. The summed E-state index contributed by atoms with van der Waals surface area (Å²) in [6.45, 7) is 2.65. The summed E-state index contributed by atoms with van der Waals surface area (Å²) in [6, 6.07) is 5.53. The Bertz CT molecular complexity index is 556. The number of hydrogen-bond acceptors (Lipinski definition) is 4. The molecule has 0 amide bonds. The number of benzene rings is 1. The van der Waals surface area contributed by atoms with Crippen molar-refractivity contribution in [3.05, 3.63) is 23.8 Å². The molecule has 1 aromatic rings. The maximum Gasteiger partial charge on any atom is 0.236 e. The minimum Gasteiger partial charge on any atom is -0.493 e. The monoisotopic (exact) mass is 304 g/mol. The van der Waals surface area contributed by atoms with Gasteiger partial charge in [0.15, 0.2) is 11.5 Å². The summed E-state index contributed by atoms with van der Waals surface area (Å²) in [4.78, 5) is 0. The van der Waals surface area contributed by atoms with Gasteiger partial charge in [0.1, 0.15) is 0 Å². The predicted molar refractivity (Wildman–Crippen MR) is 74.7 cm³/mol. The van der Waals surface area contributed by atoms with Gasteiger partial charge in [-0.25, -0.2) is 8.42 Å². The van der Waals surface area contributed by atoms with Gasteiger partial charge in [-0.1, -0.05) is 13.0 Å². The van der Waals surface area contributed by atoms with E-state index in [0.717, 1.165) is 12.0 Å². The molecule has 1 aromatic carbocycles. The van der Waals surface area contributed by atoms with E-state index in [2.05, 4.69) is 0 Å². The summed E-state index contributed by atoms with van der Waals surface area (Å²) in [6.07, 6.45) is 1.49. The molecule has 4 nitrogen and oxygen atoms in total. The second kappa shape index (κ2) is 5.59. The molecule has 2 atom stereocenters. The zero-order valence-electron chi connectivity index (χ0n) is 10.9. The largest absolute Gasteiger partial charge is 0.493 e. The van der Waals surface area contributed by atoms with Gasteiger partial charge in [-0.3, -0.25) is 0 Å². The van der Waals surface area contributed by atoms with Gasteiger partial charge in [0.25, 0.3) is 0 Å². The molecule has 0 aromatic heterocycles. The van der Waals surface area contributed by atoms with E-state index in [0.29, 0.717) is 24.5 Å². The van der Waals surface area contributed by atoms with E-state index in [9.17, 15) is 8.42 Å². The molecule has 0 saturated heterocycles. The van der Waals surface area contributed by atoms with Crippen LogP contribution in [0.5, 0.6) is 11.5 Å². The highest BCUT2D eigenvalue weighted by atomic mass is 35.7. The number of rotatable bonds is 6. The highest BCUT2D eigenvalue weighted by Crippen LogP contribution is 2.48.